The van der Waals surface area contributed by atoms with Gasteiger partial charge in [0, 0.05) is 32.8 Å². The Bertz CT molecular complexity index is 334. The molecule has 0 saturated carbocycles. The number of nitrogens with zero attached hydrogens (tertiary/aromatic N) is 2. The van der Waals surface area contributed by atoms with Crippen molar-refractivity contribution in [1.82, 2.24) is 9.80 Å². The molecule has 6 nitrogen and oxygen atoms in total. The van der Waals surface area contributed by atoms with Crippen LogP contribution in [0.3, 0.4) is 0 Å². The van der Waals surface area contributed by atoms with Gasteiger partial charge in [0.15, 0.2) is 0 Å². The van der Waals surface area contributed by atoms with Gasteiger partial charge in [0.2, 0.25) is 0 Å². The van der Waals surface area contributed by atoms with E-state index < -0.39 is 12.0 Å². The van der Waals surface area contributed by atoms with Gasteiger partial charge in [-0.2, -0.15) is 0 Å². The number of carbonyl (C=O) groups is 2. The molecule has 2 fully saturated rings. The van der Waals surface area contributed by atoms with E-state index in [0.717, 1.165) is 19.3 Å². The Labute approximate surface area is 113 Å². The van der Waals surface area contributed by atoms with Gasteiger partial charge in [-0.05, 0) is 26.2 Å². The average molecular weight is 270 g/mol. The number of carbonyl (C=O) groups excluding carboxylic acids is 1. The van der Waals surface area contributed by atoms with Crippen LogP contribution in [0, 0.1) is 0 Å². The standard InChI is InChI=1S/C13H22N2O4/c1-10(13(17)18)14-5-7-15(8-6-14)12(16)11-4-2-3-9-19-11/h10-11H,2-9H2,1H3,(H,17,18). The van der Waals surface area contributed by atoms with Gasteiger partial charge >= 0.3 is 5.97 Å². The van der Waals surface area contributed by atoms with Crippen molar-refractivity contribution in [3.8, 4) is 0 Å². The fraction of sp³-hybridized carbons (Fsp3) is 0.846. The van der Waals surface area contributed by atoms with E-state index in [9.17, 15) is 9.59 Å². The van der Waals surface area contributed by atoms with Gasteiger partial charge in [-0.1, -0.05) is 0 Å². The molecule has 2 rings (SSSR count). The first-order valence-corrected chi connectivity index (χ1v) is 6.97. The van der Waals surface area contributed by atoms with E-state index in [2.05, 4.69) is 0 Å². The first kappa shape index (κ1) is 14.3. The number of carboxylic acid groups (broad SMARTS) is 1. The number of rotatable bonds is 3. The molecule has 0 aromatic rings. The molecule has 2 aliphatic rings. The first-order chi connectivity index (χ1) is 9.09. The van der Waals surface area contributed by atoms with Crippen LogP contribution in [0.1, 0.15) is 26.2 Å². The molecular formula is C13H22N2O4. The number of hydrogen-bond donors (Lipinski definition) is 1. The van der Waals surface area contributed by atoms with Crippen LogP contribution in [0.25, 0.3) is 0 Å². The Kier molecular flexibility index (Phi) is 4.76. The summed E-state index contributed by atoms with van der Waals surface area (Å²) < 4.78 is 5.51. The number of piperazine rings is 1. The van der Waals surface area contributed by atoms with Crippen molar-refractivity contribution in [3.63, 3.8) is 0 Å². The normalized spacial score (nSPS) is 27.0. The SMILES string of the molecule is CC(C(=O)O)N1CCN(C(=O)C2CCCCO2)CC1. The predicted molar refractivity (Wildman–Crippen MR) is 68.8 cm³/mol. The summed E-state index contributed by atoms with van der Waals surface area (Å²) in [4.78, 5) is 26.9. The zero-order chi connectivity index (χ0) is 13.8. The molecule has 2 saturated heterocycles. The van der Waals surface area contributed by atoms with Gasteiger partial charge in [0.1, 0.15) is 12.1 Å². The van der Waals surface area contributed by atoms with Crippen molar-refractivity contribution < 1.29 is 19.4 Å². The lowest BCUT2D eigenvalue weighted by Gasteiger charge is -2.38. The zero-order valence-corrected chi connectivity index (χ0v) is 11.4. The number of carboxylic acids is 1. The Hall–Kier alpha value is -1.14. The maximum Gasteiger partial charge on any atom is 0.320 e. The molecule has 0 radical (unpaired) electrons. The topological polar surface area (TPSA) is 70.1 Å². The fourth-order valence-electron chi connectivity index (χ4n) is 2.62. The Morgan fingerprint density at radius 3 is 2.42 bits per heavy atom. The maximum atomic E-state index is 12.2. The van der Waals surface area contributed by atoms with E-state index in [1.54, 1.807) is 11.8 Å². The second-order valence-electron chi connectivity index (χ2n) is 5.23. The van der Waals surface area contributed by atoms with Crippen molar-refractivity contribution in [2.24, 2.45) is 0 Å². The molecule has 0 aromatic carbocycles. The molecule has 2 unspecified atom stereocenters. The predicted octanol–water partition coefficient (Wildman–Crippen LogP) is 0.173. The van der Waals surface area contributed by atoms with E-state index in [0.29, 0.717) is 32.8 Å². The molecule has 0 bridgehead atoms. The number of hydrogen-bond acceptors (Lipinski definition) is 4. The fourth-order valence-corrected chi connectivity index (χ4v) is 2.62. The third kappa shape index (κ3) is 3.45. The summed E-state index contributed by atoms with van der Waals surface area (Å²) in [5, 5.41) is 8.97. The molecule has 1 amide bonds. The molecule has 0 aliphatic carbocycles. The highest BCUT2D eigenvalue weighted by molar-refractivity contribution is 5.81. The lowest BCUT2D eigenvalue weighted by molar-refractivity contribution is -0.150. The minimum absolute atomic E-state index is 0.0716. The van der Waals surface area contributed by atoms with Crippen LogP contribution < -0.4 is 0 Å². The monoisotopic (exact) mass is 270 g/mol. The summed E-state index contributed by atoms with van der Waals surface area (Å²) >= 11 is 0. The molecule has 0 aromatic heterocycles. The van der Waals surface area contributed by atoms with Crippen LogP contribution >= 0.6 is 0 Å². The van der Waals surface area contributed by atoms with Crippen molar-refractivity contribution in [3.05, 3.63) is 0 Å². The van der Waals surface area contributed by atoms with Crippen LogP contribution in [0.5, 0.6) is 0 Å². The largest absolute Gasteiger partial charge is 0.480 e. The molecule has 0 spiro atoms. The van der Waals surface area contributed by atoms with Crippen LogP contribution in [-0.4, -0.2) is 71.7 Å². The Morgan fingerprint density at radius 2 is 1.89 bits per heavy atom. The van der Waals surface area contributed by atoms with Crippen LogP contribution in [0.4, 0.5) is 0 Å². The van der Waals surface area contributed by atoms with E-state index >= 15 is 0 Å². The number of amides is 1. The van der Waals surface area contributed by atoms with Gasteiger partial charge in [0.25, 0.3) is 5.91 Å². The summed E-state index contributed by atoms with van der Waals surface area (Å²) in [6.45, 7) is 4.78. The lowest BCUT2D eigenvalue weighted by atomic mass is 10.1. The molecule has 2 heterocycles. The molecule has 2 aliphatic heterocycles. The second kappa shape index (κ2) is 6.34. The van der Waals surface area contributed by atoms with Gasteiger partial charge in [-0.15, -0.1) is 0 Å². The van der Waals surface area contributed by atoms with E-state index in [-0.39, 0.29) is 12.0 Å². The smallest absolute Gasteiger partial charge is 0.320 e. The van der Waals surface area contributed by atoms with Crippen molar-refractivity contribution in [1.29, 1.82) is 0 Å². The van der Waals surface area contributed by atoms with Crippen LogP contribution in [0.2, 0.25) is 0 Å². The highest BCUT2D eigenvalue weighted by Crippen LogP contribution is 2.16. The van der Waals surface area contributed by atoms with Crippen molar-refractivity contribution in [2.45, 2.75) is 38.3 Å². The third-order valence-corrected chi connectivity index (χ3v) is 3.99. The van der Waals surface area contributed by atoms with Crippen LogP contribution in [0.15, 0.2) is 0 Å². The Morgan fingerprint density at radius 1 is 1.21 bits per heavy atom. The highest BCUT2D eigenvalue weighted by Gasteiger charge is 2.31. The number of aliphatic carboxylic acids is 1. The van der Waals surface area contributed by atoms with Crippen molar-refractivity contribution in [2.75, 3.05) is 32.8 Å². The second-order valence-corrected chi connectivity index (χ2v) is 5.23. The number of ether oxygens (including phenoxy) is 1. The third-order valence-electron chi connectivity index (χ3n) is 3.99. The maximum absolute atomic E-state index is 12.2. The lowest BCUT2D eigenvalue weighted by Crippen LogP contribution is -2.55. The van der Waals surface area contributed by atoms with E-state index in [4.69, 9.17) is 9.84 Å². The molecular weight excluding hydrogens is 248 g/mol. The molecule has 2 atom stereocenters. The first-order valence-electron chi connectivity index (χ1n) is 6.97. The quantitative estimate of drug-likeness (QED) is 0.792. The molecule has 108 valence electrons. The van der Waals surface area contributed by atoms with Gasteiger partial charge in [-0.3, -0.25) is 14.5 Å². The minimum Gasteiger partial charge on any atom is -0.480 e. The minimum atomic E-state index is -0.810. The molecule has 6 heteroatoms. The van der Waals surface area contributed by atoms with E-state index in [1.807, 2.05) is 4.90 Å². The average Bonchev–Trinajstić information content (AvgIpc) is 2.46. The Balaban J connectivity index is 1.82. The van der Waals surface area contributed by atoms with Crippen LogP contribution in [-0.2, 0) is 14.3 Å². The summed E-state index contributed by atoms with van der Waals surface area (Å²) in [5.41, 5.74) is 0. The molecule has 1 N–H and O–H groups in total. The zero-order valence-electron chi connectivity index (χ0n) is 11.4. The summed E-state index contributed by atoms with van der Waals surface area (Å²) in [7, 11) is 0. The van der Waals surface area contributed by atoms with E-state index in [1.165, 1.54) is 0 Å². The summed E-state index contributed by atoms with van der Waals surface area (Å²) in [6.07, 6.45) is 2.61. The van der Waals surface area contributed by atoms with Gasteiger partial charge in [-0.25, -0.2) is 0 Å². The van der Waals surface area contributed by atoms with Gasteiger partial charge in [0.05, 0.1) is 0 Å². The van der Waals surface area contributed by atoms with Crippen molar-refractivity contribution >= 4 is 11.9 Å². The summed E-state index contributed by atoms with van der Waals surface area (Å²) in [5.74, 6) is -0.738. The highest BCUT2D eigenvalue weighted by atomic mass is 16.5. The summed E-state index contributed by atoms with van der Waals surface area (Å²) in [6, 6.07) is -0.483. The van der Waals surface area contributed by atoms with Gasteiger partial charge < -0.3 is 14.7 Å². The molecule has 19 heavy (non-hydrogen) atoms.